The molecule has 2 heterocycles. The van der Waals surface area contributed by atoms with Gasteiger partial charge in [-0.1, -0.05) is 0 Å². The maximum Gasteiger partial charge on any atom is 0.165 e. The minimum Gasteiger partial charge on any atom is -0.379 e. The molecule has 0 aromatic heterocycles. The van der Waals surface area contributed by atoms with Gasteiger partial charge in [0, 0.05) is 26.2 Å². The molecule has 2 fully saturated rings. The molecule has 0 saturated carbocycles. The van der Waals surface area contributed by atoms with E-state index in [1.165, 1.54) is 12.8 Å². The van der Waals surface area contributed by atoms with Crippen molar-refractivity contribution < 1.29 is 9.84 Å². The SMILES string of the molecule is OC(N1CCCC1)N1CCOCC1. The van der Waals surface area contributed by atoms with Crippen LogP contribution in [-0.2, 0) is 4.74 Å². The zero-order chi connectivity index (χ0) is 9.10. The Bertz CT molecular complexity index is 154. The van der Waals surface area contributed by atoms with Gasteiger partial charge in [0.15, 0.2) is 6.35 Å². The van der Waals surface area contributed by atoms with Crippen LogP contribution in [0.1, 0.15) is 12.8 Å². The van der Waals surface area contributed by atoms with Crippen LogP contribution in [0.25, 0.3) is 0 Å². The maximum absolute atomic E-state index is 9.97. The van der Waals surface area contributed by atoms with Crippen LogP contribution < -0.4 is 0 Å². The fraction of sp³-hybridized carbons (Fsp3) is 1.00. The summed E-state index contributed by atoms with van der Waals surface area (Å²) in [5.41, 5.74) is 0. The van der Waals surface area contributed by atoms with Gasteiger partial charge in [-0.2, -0.15) is 0 Å². The second-order valence-electron chi connectivity index (χ2n) is 3.74. The van der Waals surface area contributed by atoms with Crippen LogP contribution in [0, 0.1) is 0 Å². The zero-order valence-corrected chi connectivity index (χ0v) is 7.98. The number of likely N-dealkylation sites (tertiary alicyclic amines) is 1. The van der Waals surface area contributed by atoms with Gasteiger partial charge < -0.3 is 9.84 Å². The molecule has 4 nitrogen and oxygen atoms in total. The minimum absolute atomic E-state index is 0.369. The van der Waals surface area contributed by atoms with E-state index in [-0.39, 0.29) is 6.35 Å². The Kier molecular flexibility index (Phi) is 3.16. The third-order valence-electron chi connectivity index (χ3n) is 2.84. The number of rotatable bonds is 2. The van der Waals surface area contributed by atoms with Crippen LogP contribution in [0.2, 0.25) is 0 Å². The Morgan fingerprint density at radius 1 is 0.923 bits per heavy atom. The van der Waals surface area contributed by atoms with E-state index in [0.29, 0.717) is 0 Å². The predicted octanol–water partition coefficient (Wildman–Crippen LogP) is -0.310. The Morgan fingerprint density at radius 3 is 2.08 bits per heavy atom. The topological polar surface area (TPSA) is 35.9 Å². The summed E-state index contributed by atoms with van der Waals surface area (Å²) in [7, 11) is 0. The van der Waals surface area contributed by atoms with Crippen molar-refractivity contribution in [3.63, 3.8) is 0 Å². The van der Waals surface area contributed by atoms with Gasteiger partial charge in [0.25, 0.3) is 0 Å². The molecule has 0 aromatic carbocycles. The molecule has 2 aliphatic rings. The smallest absolute Gasteiger partial charge is 0.165 e. The molecule has 0 aliphatic carbocycles. The largest absolute Gasteiger partial charge is 0.379 e. The second kappa shape index (κ2) is 4.37. The first-order valence-electron chi connectivity index (χ1n) is 5.12. The van der Waals surface area contributed by atoms with Crippen LogP contribution in [0.4, 0.5) is 0 Å². The first-order chi connectivity index (χ1) is 6.38. The van der Waals surface area contributed by atoms with Gasteiger partial charge >= 0.3 is 0 Å². The molecule has 4 heteroatoms. The average molecular weight is 186 g/mol. The number of ether oxygens (including phenoxy) is 1. The lowest BCUT2D eigenvalue weighted by Gasteiger charge is -2.35. The molecule has 0 amide bonds. The van der Waals surface area contributed by atoms with Crippen molar-refractivity contribution >= 4 is 0 Å². The summed E-state index contributed by atoms with van der Waals surface area (Å²) in [5, 5.41) is 9.97. The number of aliphatic hydroxyl groups excluding tert-OH is 1. The van der Waals surface area contributed by atoms with Gasteiger partial charge in [0.05, 0.1) is 13.2 Å². The standard InChI is InChI=1S/C9H18N2O2/c12-9(10-3-1-2-4-10)11-5-7-13-8-6-11/h9,12H,1-8H2. The lowest BCUT2D eigenvalue weighted by Crippen LogP contribution is -2.51. The predicted molar refractivity (Wildman–Crippen MR) is 49.2 cm³/mol. The van der Waals surface area contributed by atoms with Crippen molar-refractivity contribution in [2.24, 2.45) is 0 Å². The summed E-state index contributed by atoms with van der Waals surface area (Å²) in [6, 6.07) is 0. The van der Waals surface area contributed by atoms with Crippen molar-refractivity contribution in [2.45, 2.75) is 19.2 Å². The van der Waals surface area contributed by atoms with Gasteiger partial charge in [-0.3, -0.25) is 9.80 Å². The number of morpholine rings is 1. The quantitative estimate of drug-likeness (QED) is 0.642. The number of aliphatic hydroxyl groups is 1. The highest BCUT2D eigenvalue weighted by atomic mass is 16.5. The molecule has 2 aliphatic heterocycles. The van der Waals surface area contributed by atoms with Crippen LogP contribution in [0.5, 0.6) is 0 Å². The fourth-order valence-corrected chi connectivity index (χ4v) is 2.01. The molecule has 76 valence electrons. The fourth-order valence-electron chi connectivity index (χ4n) is 2.01. The van der Waals surface area contributed by atoms with E-state index < -0.39 is 0 Å². The van der Waals surface area contributed by atoms with Crippen LogP contribution in [0.15, 0.2) is 0 Å². The highest BCUT2D eigenvalue weighted by Crippen LogP contribution is 2.13. The highest BCUT2D eigenvalue weighted by molar-refractivity contribution is 4.71. The van der Waals surface area contributed by atoms with Crippen molar-refractivity contribution in [3.8, 4) is 0 Å². The van der Waals surface area contributed by atoms with E-state index in [9.17, 15) is 5.11 Å². The monoisotopic (exact) mass is 186 g/mol. The molecule has 0 bridgehead atoms. The maximum atomic E-state index is 9.97. The molecule has 0 spiro atoms. The Hall–Kier alpha value is -0.160. The summed E-state index contributed by atoms with van der Waals surface area (Å²) in [6.07, 6.45) is 2.08. The zero-order valence-electron chi connectivity index (χ0n) is 7.98. The summed E-state index contributed by atoms with van der Waals surface area (Å²) in [4.78, 5) is 4.24. The molecule has 13 heavy (non-hydrogen) atoms. The Labute approximate surface area is 79.1 Å². The van der Waals surface area contributed by atoms with E-state index in [2.05, 4.69) is 9.80 Å². The molecular formula is C9H18N2O2. The molecule has 0 aromatic rings. The number of nitrogens with zero attached hydrogens (tertiary/aromatic N) is 2. The Balaban J connectivity index is 1.83. The normalized spacial score (nSPS) is 29.3. The molecule has 1 unspecified atom stereocenters. The van der Waals surface area contributed by atoms with Crippen LogP contribution in [0.3, 0.4) is 0 Å². The third kappa shape index (κ3) is 2.20. The summed E-state index contributed by atoms with van der Waals surface area (Å²) < 4.78 is 5.24. The van der Waals surface area contributed by atoms with Gasteiger partial charge in [0.2, 0.25) is 0 Å². The van der Waals surface area contributed by atoms with Crippen molar-refractivity contribution in [2.75, 3.05) is 39.4 Å². The number of hydrogen-bond donors (Lipinski definition) is 1. The van der Waals surface area contributed by atoms with Gasteiger partial charge in [-0.15, -0.1) is 0 Å². The van der Waals surface area contributed by atoms with E-state index >= 15 is 0 Å². The Morgan fingerprint density at radius 2 is 1.46 bits per heavy atom. The minimum atomic E-state index is -0.369. The number of hydrogen-bond acceptors (Lipinski definition) is 4. The summed E-state index contributed by atoms with van der Waals surface area (Å²) in [5.74, 6) is 0. The van der Waals surface area contributed by atoms with Gasteiger partial charge in [-0.25, -0.2) is 0 Å². The second-order valence-corrected chi connectivity index (χ2v) is 3.74. The van der Waals surface area contributed by atoms with Crippen molar-refractivity contribution in [3.05, 3.63) is 0 Å². The molecule has 2 saturated heterocycles. The lowest BCUT2D eigenvalue weighted by molar-refractivity contribution is -0.132. The first-order valence-corrected chi connectivity index (χ1v) is 5.12. The van der Waals surface area contributed by atoms with E-state index in [1.807, 2.05) is 0 Å². The van der Waals surface area contributed by atoms with E-state index in [0.717, 1.165) is 39.4 Å². The highest BCUT2D eigenvalue weighted by Gasteiger charge is 2.26. The molecule has 2 rings (SSSR count). The lowest BCUT2D eigenvalue weighted by atomic mass is 10.4. The van der Waals surface area contributed by atoms with Gasteiger partial charge in [-0.05, 0) is 12.8 Å². The van der Waals surface area contributed by atoms with E-state index in [1.54, 1.807) is 0 Å². The molecule has 1 N–H and O–H groups in total. The molecular weight excluding hydrogens is 168 g/mol. The first kappa shape index (κ1) is 9.40. The average Bonchev–Trinajstić information content (AvgIpc) is 2.71. The van der Waals surface area contributed by atoms with Gasteiger partial charge in [0.1, 0.15) is 0 Å². The third-order valence-corrected chi connectivity index (χ3v) is 2.84. The van der Waals surface area contributed by atoms with E-state index in [4.69, 9.17) is 4.74 Å². The summed E-state index contributed by atoms with van der Waals surface area (Å²) in [6.45, 7) is 5.31. The molecule has 0 radical (unpaired) electrons. The summed E-state index contributed by atoms with van der Waals surface area (Å²) >= 11 is 0. The van der Waals surface area contributed by atoms with Crippen LogP contribution >= 0.6 is 0 Å². The molecule has 1 atom stereocenters. The van der Waals surface area contributed by atoms with Crippen molar-refractivity contribution in [1.82, 2.24) is 9.80 Å². The van der Waals surface area contributed by atoms with Crippen molar-refractivity contribution in [1.29, 1.82) is 0 Å². The van der Waals surface area contributed by atoms with Crippen LogP contribution in [-0.4, -0.2) is 60.7 Å².